The van der Waals surface area contributed by atoms with E-state index < -0.39 is 0 Å². The second-order valence-electron chi connectivity index (χ2n) is 6.06. The summed E-state index contributed by atoms with van der Waals surface area (Å²) in [6.45, 7) is 14.7. The van der Waals surface area contributed by atoms with E-state index in [0.29, 0.717) is 0 Å². The summed E-state index contributed by atoms with van der Waals surface area (Å²) < 4.78 is 6.12. The van der Waals surface area contributed by atoms with Gasteiger partial charge in [0.05, 0.1) is 0 Å². The van der Waals surface area contributed by atoms with Crippen LogP contribution in [0.3, 0.4) is 0 Å². The molecule has 0 spiro atoms. The molecule has 100 valence electrons. The van der Waals surface area contributed by atoms with Gasteiger partial charge in [-0.1, -0.05) is 57.7 Å². The van der Waals surface area contributed by atoms with Crippen molar-refractivity contribution in [2.24, 2.45) is 0 Å². The fourth-order valence-corrected chi connectivity index (χ4v) is 2.38. The Balaban J connectivity index is 2.87. The van der Waals surface area contributed by atoms with Gasteiger partial charge in [0.15, 0.2) is 0 Å². The van der Waals surface area contributed by atoms with Crippen LogP contribution in [-0.4, -0.2) is 0 Å². The van der Waals surface area contributed by atoms with Gasteiger partial charge in [-0.25, -0.2) is 0 Å². The van der Waals surface area contributed by atoms with Gasteiger partial charge in [-0.15, -0.1) is 0 Å². The van der Waals surface area contributed by atoms with Crippen LogP contribution in [0.2, 0.25) is 0 Å². The molecular formula is C18H22O. The Kier molecular flexibility index (Phi) is 3.40. The van der Waals surface area contributed by atoms with Crippen molar-refractivity contribution in [1.82, 2.24) is 0 Å². The molecule has 1 heterocycles. The molecular weight excluding hydrogens is 232 g/mol. The summed E-state index contributed by atoms with van der Waals surface area (Å²) in [6, 6.07) is 6.37. The molecule has 2 rings (SSSR count). The number of hydrogen-bond acceptors (Lipinski definition) is 1. The number of para-hydroxylation sites is 1. The first-order valence-corrected chi connectivity index (χ1v) is 6.71. The number of allylic oxidation sites excluding steroid dienone is 2. The van der Waals surface area contributed by atoms with Crippen LogP contribution in [0.4, 0.5) is 0 Å². The van der Waals surface area contributed by atoms with Gasteiger partial charge in [-0.3, -0.25) is 0 Å². The lowest BCUT2D eigenvalue weighted by Crippen LogP contribution is -2.10. The highest BCUT2D eigenvalue weighted by molar-refractivity contribution is 5.94. The summed E-state index contributed by atoms with van der Waals surface area (Å²) in [5.74, 6) is 0.893. The smallest absolute Gasteiger partial charge is 0.139 e. The lowest BCUT2D eigenvalue weighted by atomic mass is 9.86. The van der Waals surface area contributed by atoms with Crippen LogP contribution in [0.25, 0.3) is 22.6 Å². The average Bonchev–Trinajstić information content (AvgIpc) is 2.67. The zero-order valence-electron chi connectivity index (χ0n) is 12.5. The number of furan rings is 1. The number of rotatable bonds is 2. The predicted octanol–water partition coefficient (Wildman–Crippen LogP) is 5.80. The Hall–Kier alpha value is -1.76. The molecule has 0 aliphatic carbocycles. The van der Waals surface area contributed by atoms with Gasteiger partial charge in [-0.05, 0) is 24.8 Å². The van der Waals surface area contributed by atoms with Gasteiger partial charge in [0.2, 0.25) is 0 Å². The molecule has 1 aromatic carbocycles. The van der Waals surface area contributed by atoms with Gasteiger partial charge < -0.3 is 4.42 Å². The van der Waals surface area contributed by atoms with Crippen LogP contribution >= 0.6 is 0 Å². The van der Waals surface area contributed by atoms with Crippen LogP contribution in [-0.2, 0) is 5.41 Å². The lowest BCUT2D eigenvalue weighted by Gasteiger charge is -2.18. The third-order valence-corrected chi connectivity index (χ3v) is 3.28. The van der Waals surface area contributed by atoms with Crippen molar-refractivity contribution in [3.63, 3.8) is 0 Å². The van der Waals surface area contributed by atoms with E-state index in [1.807, 2.05) is 19.9 Å². The second kappa shape index (κ2) is 4.73. The Bertz CT molecular complexity index is 648. The molecule has 0 unspecified atom stereocenters. The molecule has 0 fully saturated rings. The zero-order valence-corrected chi connectivity index (χ0v) is 12.5. The van der Waals surface area contributed by atoms with Crippen LogP contribution < -0.4 is 0 Å². The summed E-state index contributed by atoms with van der Waals surface area (Å²) in [6.07, 6.45) is 4.14. The molecule has 1 nitrogen and oxygen atoms in total. The molecule has 0 bridgehead atoms. The molecule has 0 radical (unpaired) electrons. The monoisotopic (exact) mass is 254 g/mol. The molecule has 0 aliphatic rings. The predicted molar refractivity (Wildman–Crippen MR) is 84.3 cm³/mol. The topological polar surface area (TPSA) is 13.1 Å². The van der Waals surface area contributed by atoms with Crippen molar-refractivity contribution < 1.29 is 4.42 Å². The van der Waals surface area contributed by atoms with Gasteiger partial charge >= 0.3 is 0 Å². The highest BCUT2D eigenvalue weighted by atomic mass is 16.3. The minimum Gasteiger partial charge on any atom is -0.455 e. The van der Waals surface area contributed by atoms with E-state index in [0.717, 1.165) is 22.5 Å². The first-order chi connectivity index (χ1) is 8.86. The van der Waals surface area contributed by atoms with Crippen molar-refractivity contribution in [1.29, 1.82) is 0 Å². The van der Waals surface area contributed by atoms with Gasteiger partial charge in [0, 0.05) is 16.5 Å². The van der Waals surface area contributed by atoms with Crippen LogP contribution in [0, 0.1) is 0 Å². The highest BCUT2D eigenvalue weighted by Gasteiger charge is 2.22. The molecule has 2 aromatic rings. The summed E-state index contributed by atoms with van der Waals surface area (Å²) in [5, 5.41) is 1.17. The summed E-state index contributed by atoms with van der Waals surface area (Å²) in [4.78, 5) is 0. The quantitative estimate of drug-likeness (QED) is 0.660. The molecule has 1 heteroatoms. The first kappa shape index (κ1) is 13.7. The third kappa shape index (κ3) is 2.37. The third-order valence-electron chi connectivity index (χ3n) is 3.28. The molecule has 1 aromatic heterocycles. The summed E-state index contributed by atoms with van der Waals surface area (Å²) >= 11 is 0. The highest BCUT2D eigenvalue weighted by Crippen LogP contribution is 2.37. The molecule has 0 aliphatic heterocycles. The molecule has 0 atom stereocenters. The van der Waals surface area contributed by atoms with Crippen molar-refractivity contribution in [3.8, 4) is 0 Å². The molecule has 0 amide bonds. The maximum Gasteiger partial charge on any atom is 0.139 e. The first-order valence-electron chi connectivity index (χ1n) is 6.71. The van der Waals surface area contributed by atoms with Crippen LogP contribution in [0.15, 0.2) is 35.3 Å². The average molecular weight is 254 g/mol. The molecule has 0 saturated carbocycles. The van der Waals surface area contributed by atoms with Crippen molar-refractivity contribution in [2.75, 3.05) is 0 Å². The summed E-state index contributed by atoms with van der Waals surface area (Å²) in [5.41, 5.74) is 4.39. The standard InChI is InChI=1S/C18H22O/c1-7-9-13-14-10-8-11-15(18(4,5)6)17(14)19-16(13)12(2)3/h7-11H,2H2,1,3-6H3/b9-7-. The molecule has 19 heavy (non-hydrogen) atoms. The fraction of sp³-hybridized carbons (Fsp3) is 0.333. The van der Waals surface area contributed by atoms with Gasteiger partial charge in [-0.2, -0.15) is 0 Å². The Morgan fingerprint density at radius 2 is 1.95 bits per heavy atom. The molecule has 0 saturated heterocycles. The van der Waals surface area contributed by atoms with E-state index in [4.69, 9.17) is 4.42 Å². The SMILES string of the molecule is C=C(C)c1oc2c(C(C)(C)C)cccc2c1/C=C\C. The van der Waals surface area contributed by atoms with Gasteiger partial charge in [0.25, 0.3) is 0 Å². The van der Waals surface area contributed by atoms with E-state index in [2.05, 4.69) is 51.6 Å². The van der Waals surface area contributed by atoms with E-state index in [1.54, 1.807) is 0 Å². The normalized spacial score (nSPS) is 12.5. The van der Waals surface area contributed by atoms with Crippen molar-refractivity contribution >= 4 is 22.6 Å². The van der Waals surface area contributed by atoms with E-state index in [1.165, 1.54) is 10.9 Å². The van der Waals surface area contributed by atoms with Crippen LogP contribution in [0.5, 0.6) is 0 Å². The van der Waals surface area contributed by atoms with Crippen molar-refractivity contribution in [2.45, 2.75) is 40.0 Å². The van der Waals surface area contributed by atoms with Gasteiger partial charge in [0.1, 0.15) is 11.3 Å². The summed E-state index contributed by atoms with van der Waals surface area (Å²) in [7, 11) is 0. The van der Waals surface area contributed by atoms with E-state index in [9.17, 15) is 0 Å². The van der Waals surface area contributed by atoms with E-state index >= 15 is 0 Å². The Morgan fingerprint density at radius 1 is 1.26 bits per heavy atom. The number of hydrogen-bond donors (Lipinski definition) is 0. The van der Waals surface area contributed by atoms with Crippen molar-refractivity contribution in [3.05, 3.63) is 47.7 Å². The minimum absolute atomic E-state index is 0.0664. The zero-order chi connectivity index (χ0) is 14.2. The largest absolute Gasteiger partial charge is 0.455 e. The van der Waals surface area contributed by atoms with Crippen LogP contribution in [0.1, 0.15) is 51.5 Å². The number of benzene rings is 1. The Morgan fingerprint density at radius 3 is 2.47 bits per heavy atom. The minimum atomic E-state index is 0.0664. The van der Waals surface area contributed by atoms with E-state index in [-0.39, 0.29) is 5.41 Å². The molecule has 0 N–H and O–H groups in total. The Labute approximate surface area is 115 Å². The fourth-order valence-electron chi connectivity index (χ4n) is 2.38. The maximum absolute atomic E-state index is 6.12. The lowest BCUT2D eigenvalue weighted by molar-refractivity contribution is 0.552. The number of fused-ring (bicyclic) bond motifs is 1. The second-order valence-corrected chi connectivity index (χ2v) is 6.06. The maximum atomic E-state index is 6.12.